The van der Waals surface area contributed by atoms with Crippen LogP contribution in [0.4, 0.5) is 0 Å². The Bertz CT molecular complexity index is 820. The third-order valence-corrected chi connectivity index (χ3v) is 4.84. The standard InChI is InChI=1S/C17H12N2S2/c1-12-7-15(20-10-12)8-14(9-18)17-19-16(11-21-17)13-5-3-2-4-6-13/h2-8,10-11H,1H3/b14-8-. The highest BCUT2D eigenvalue weighted by Crippen LogP contribution is 2.28. The van der Waals surface area contributed by atoms with Crippen LogP contribution in [0.15, 0.2) is 47.2 Å². The molecule has 0 N–H and O–H groups in total. The van der Waals surface area contributed by atoms with E-state index in [0.717, 1.165) is 21.1 Å². The first kappa shape index (κ1) is 13.7. The van der Waals surface area contributed by atoms with Crippen molar-refractivity contribution in [3.05, 3.63) is 62.6 Å². The molecule has 0 amide bonds. The zero-order valence-electron chi connectivity index (χ0n) is 11.4. The predicted molar refractivity (Wildman–Crippen MR) is 90.1 cm³/mol. The molecule has 0 saturated carbocycles. The fraction of sp³-hybridized carbons (Fsp3) is 0.0588. The molecule has 2 nitrogen and oxygen atoms in total. The fourth-order valence-corrected chi connectivity index (χ4v) is 3.58. The number of allylic oxidation sites excluding steroid dienone is 1. The van der Waals surface area contributed by atoms with Gasteiger partial charge in [-0.1, -0.05) is 30.3 Å². The third kappa shape index (κ3) is 3.10. The molecule has 1 aromatic carbocycles. The van der Waals surface area contributed by atoms with Gasteiger partial charge in [-0.2, -0.15) is 5.26 Å². The molecule has 0 spiro atoms. The molecule has 3 rings (SSSR count). The maximum atomic E-state index is 9.38. The molecular weight excluding hydrogens is 296 g/mol. The van der Waals surface area contributed by atoms with Gasteiger partial charge in [0.1, 0.15) is 11.1 Å². The molecule has 0 radical (unpaired) electrons. The van der Waals surface area contributed by atoms with Gasteiger partial charge >= 0.3 is 0 Å². The maximum Gasteiger partial charge on any atom is 0.134 e. The summed E-state index contributed by atoms with van der Waals surface area (Å²) in [6.07, 6.45) is 1.91. The van der Waals surface area contributed by atoms with Crippen molar-refractivity contribution in [3.63, 3.8) is 0 Å². The molecule has 3 aromatic rings. The van der Waals surface area contributed by atoms with Crippen molar-refractivity contribution in [1.29, 1.82) is 5.26 Å². The zero-order chi connectivity index (χ0) is 14.7. The summed E-state index contributed by atoms with van der Waals surface area (Å²) in [7, 11) is 0. The number of aromatic nitrogens is 1. The monoisotopic (exact) mass is 308 g/mol. The van der Waals surface area contributed by atoms with Crippen molar-refractivity contribution in [2.75, 3.05) is 0 Å². The smallest absolute Gasteiger partial charge is 0.134 e. The van der Waals surface area contributed by atoms with E-state index in [0.29, 0.717) is 5.57 Å². The van der Waals surface area contributed by atoms with Gasteiger partial charge in [0.15, 0.2) is 0 Å². The number of nitriles is 1. The van der Waals surface area contributed by atoms with Crippen LogP contribution in [0.1, 0.15) is 15.4 Å². The van der Waals surface area contributed by atoms with Gasteiger partial charge < -0.3 is 0 Å². The molecule has 0 bridgehead atoms. The number of nitrogens with zero attached hydrogens (tertiary/aromatic N) is 2. The molecule has 0 saturated heterocycles. The lowest BCUT2D eigenvalue weighted by atomic mass is 10.2. The number of thiazole rings is 1. The Balaban J connectivity index is 1.95. The first-order chi connectivity index (χ1) is 10.3. The fourth-order valence-electron chi connectivity index (χ4n) is 1.95. The van der Waals surface area contributed by atoms with Gasteiger partial charge in [0.05, 0.1) is 11.3 Å². The van der Waals surface area contributed by atoms with E-state index < -0.39 is 0 Å². The van der Waals surface area contributed by atoms with E-state index in [4.69, 9.17) is 0 Å². The second-order valence-corrected chi connectivity index (χ2v) is 6.40. The van der Waals surface area contributed by atoms with E-state index >= 15 is 0 Å². The van der Waals surface area contributed by atoms with Crippen LogP contribution in [0.2, 0.25) is 0 Å². The number of aryl methyl sites for hydroxylation is 1. The van der Waals surface area contributed by atoms with Gasteiger partial charge in [-0.15, -0.1) is 22.7 Å². The normalized spacial score (nSPS) is 11.3. The van der Waals surface area contributed by atoms with Gasteiger partial charge in [0, 0.05) is 15.8 Å². The highest BCUT2D eigenvalue weighted by Gasteiger charge is 2.09. The second kappa shape index (κ2) is 6.04. The Morgan fingerprint density at radius 2 is 2.00 bits per heavy atom. The molecular formula is C17H12N2S2. The van der Waals surface area contributed by atoms with E-state index in [1.54, 1.807) is 11.3 Å². The molecule has 0 atom stereocenters. The van der Waals surface area contributed by atoms with E-state index in [9.17, 15) is 5.26 Å². The number of rotatable bonds is 3. The Hall–Kier alpha value is -2.22. The largest absolute Gasteiger partial charge is 0.235 e. The van der Waals surface area contributed by atoms with Gasteiger partial charge in [0.25, 0.3) is 0 Å². The summed E-state index contributed by atoms with van der Waals surface area (Å²) < 4.78 is 0. The summed E-state index contributed by atoms with van der Waals surface area (Å²) in [5.41, 5.74) is 3.82. The van der Waals surface area contributed by atoms with Gasteiger partial charge in [0.2, 0.25) is 0 Å². The Morgan fingerprint density at radius 1 is 1.19 bits per heavy atom. The van der Waals surface area contributed by atoms with Crippen molar-refractivity contribution in [2.24, 2.45) is 0 Å². The van der Waals surface area contributed by atoms with Crippen LogP contribution in [0.5, 0.6) is 0 Å². The van der Waals surface area contributed by atoms with Crippen LogP contribution in [0, 0.1) is 18.3 Å². The molecule has 0 aliphatic carbocycles. The highest BCUT2D eigenvalue weighted by atomic mass is 32.1. The molecule has 0 aliphatic rings. The molecule has 2 heterocycles. The number of hydrogen-bond acceptors (Lipinski definition) is 4. The van der Waals surface area contributed by atoms with E-state index in [1.807, 2.05) is 41.8 Å². The van der Waals surface area contributed by atoms with Crippen molar-refractivity contribution in [1.82, 2.24) is 4.98 Å². The van der Waals surface area contributed by atoms with E-state index in [1.165, 1.54) is 16.9 Å². The zero-order valence-corrected chi connectivity index (χ0v) is 13.0. The first-order valence-corrected chi connectivity index (χ1v) is 8.20. The number of hydrogen-bond donors (Lipinski definition) is 0. The minimum absolute atomic E-state index is 0.615. The first-order valence-electron chi connectivity index (χ1n) is 6.44. The van der Waals surface area contributed by atoms with Crippen LogP contribution in [0.3, 0.4) is 0 Å². The lowest BCUT2D eigenvalue weighted by molar-refractivity contribution is 1.37. The van der Waals surface area contributed by atoms with Crippen molar-refractivity contribution < 1.29 is 0 Å². The quantitative estimate of drug-likeness (QED) is 0.620. The minimum atomic E-state index is 0.615. The summed E-state index contributed by atoms with van der Waals surface area (Å²) in [6, 6.07) is 14.3. The van der Waals surface area contributed by atoms with E-state index in [2.05, 4.69) is 29.4 Å². The van der Waals surface area contributed by atoms with Crippen molar-refractivity contribution in [2.45, 2.75) is 6.92 Å². The SMILES string of the molecule is Cc1csc(/C=C(/C#N)c2nc(-c3ccccc3)cs2)c1. The van der Waals surface area contributed by atoms with Crippen LogP contribution in [0.25, 0.3) is 22.9 Å². The molecule has 0 unspecified atom stereocenters. The van der Waals surface area contributed by atoms with Crippen LogP contribution in [-0.4, -0.2) is 4.98 Å². The number of benzene rings is 1. The summed E-state index contributed by atoms with van der Waals surface area (Å²) in [5.74, 6) is 0. The van der Waals surface area contributed by atoms with Crippen molar-refractivity contribution in [3.8, 4) is 17.3 Å². The summed E-state index contributed by atoms with van der Waals surface area (Å²) >= 11 is 3.15. The Kier molecular flexibility index (Phi) is 3.96. The second-order valence-electron chi connectivity index (χ2n) is 4.60. The van der Waals surface area contributed by atoms with Crippen LogP contribution < -0.4 is 0 Å². The molecule has 102 valence electrons. The Morgan fingerprint density at radius 3 is 2.67 bits per heavy atom. The van der Waals surface area contributed by atoms with Gasteiger partial charge in [-0.05, 0) is 30.0 Å². The van der Waals surface area contributed by atoms with E-state index in [-0.39, 0.29) is 0 Å². The topological polar surface area (TPSA) is 36.7 Å². The van der Waals surface area contributed by atoms with Gasteiger partial charge in [-0.3, -0.25) is 0 Å². The van der Waals surface area contributed by atoms with Gasteiger partial charge in [-0.25, -0.2) is 4.98 Å². The Labute approximate surface area is 131 Å². The summed E-state index contributed by atoms with van der Waals surface area (Å²) in [5, 5.41) is 14.2. The highest BCUT2D eigenvalue weighted by molar-refractivity contribution is 7.12. The predicted octanol–water partition coefficient (Wildman–Crippen LogP) is 5.24. The molecule has 0 aliphatic heterocycles. The lowest BCUT2D eigenvalue weighted by Crippen LogP contribution is -1.81. The molecule has 4 heteroatoms. The molecule has 2 aromatic heterocycles. The van der Waals surface area contributed by atoms with Crippen LogP contribution in [-0.2, 0) is 0 Å². The minimum Gasteiger partial charge on any atom is -0.235 e. The average Bonchev–Trinajstić information content (AvgIpc) is 3.15. The molecule has 21 heavy (non-hydrogen) atoms. The maximum absolute atomic E-state index is 9.38. The average molecular weight is 308 g/mol. The van der Waals surface area contributed by atoms with Crippen molar-refractivity contribution >= 4 is 34.3 Å². The molecule has 0 fully saturated rings. The van der Waals surface area contributed by atoms with Crippen LogP contribution >= 0.6 is 22.7 Å². The summed E-state index contributed by atoms with van der Waals surface area (Å²) in [4.78, 5) is 5.67. The number of thiophene rings is 1. The third-order valence-electron chi connectivity index (χ3n) is 2.96. The summed E-state index contributed by atoms with van der Waals surface area (Å²) in [6.45, 7) is 2.05. The lowest BCUT2D eigenvalue weighted by Gasteiger charge is -1.95.